The zero-order valence-corrected chi connectivity index (χ0v) is 6.01. The minimum atomic E-state index is 0.913. The summed E-state index contributed by atoms with van der Waals surface area (Å²) < 4.78 is 0. The van der Waals surface area contributed by atoms with Gasteiger partial charge in [-0.05, 0) is 31.8 Å². The molecule has 1 aliphatic rings. The largest absolute Gasteiger partial charge is 0.193 e. The summed E-state index contributed by atoms with van der Waals surface area (Å²) in [5, 5.41) is 8.56. The van der Waals surface area contributed by atoms with Crippen molar-refractivity contribution in [2.24, 2.45) is 0 Å². The van der Waals surface area contributed by atoms with Gasteiger partial charge < -0.3 is 0 Å². The molecule has 0 aromatic rings. The molecule has 1 heteroatoms. The van der Waals surface area contributed by atoms with Gasteiger partial charge in [0.15, 0.2) is 0 Å². The predicted molar refractivity (Wildman–Crippen MR) is 41.3 cm³/mol. The minimum absolute atomic E-state index is 0.913. The molecule has 0 radical (unpaired) electrons. The molecule has 0 saturated heterocycles. The third kappa shape index (κ3) is 2.06. The third-order valence-electron chi connectivity index (χ3n) is 1.64. The molecule has 0 aliphatic heterocycles. The Morgan fingerprint density at radius 2 is 2.30 bits per heavy atom. The van der Waals surface area contributed by atoms with Crippen molar-refractivity contribution in [1.29, 1.82) is 5.26 Å². The van der Waals surface area contributed by atoms with Gasteiger partial charge >= 0.3 is 0 Å². The van der Waals surface area contributed by atoms with Gasteiger partial charge in [-0.15, -0.1) is 0 Å². The lowest BCUT2D eigenvalue weighted by molar-refractivity contribution is 0.746. The molecule has 1 rings (SSSR count). The third-order valence-corrected chi connectivity index (χ3v) is 1.64. The summed E-state index contributed by atoms with van der Waals surface area (Å²) in [6, 6.07) is 2.18. The second-order valence-electron chi connectivity index (χ2n) is 2.48. The second-order valence-corrected chi connectivity index (χ2v) is 2.48. The summed E-state index contributed by atoms with van der Waals surface area (Å²) in [6.45, 7) is 0. The standard InChI is InChI=1S/C9H11N/c10-8-9-6-4-2-1-3-5-7-9/h2,4,6H,1,3,5,7H2. The van der Waals surface area contributed by atoms with Crippen LogP contribution in [0, 0.1) is 11.3 Å². The van der Waals surface area contributed by atoms with Crippen LogP contribution in [0.25, 0.3) is 0 Å². The zero-order valence-electron chi connectivity index (χ0n) is 6.01. The summed E-state index contributed by atoms with van der Waals surface area (Å²) in [5.41, 5.74) is 0.913. The molecule has 0 spiro atoms. The van der Waals surface area contributed by atoms with Crippen LogP contribution in [0.2, 0.25) is 0 Å². The molecular weight excluding hydrogens is 122 g/mol. The lowest BCUT2D eigenvalue weighted by Gasteiger charge is -1.99. The lowest BCUT2D eigenvalue weighted by atomic mass is 10.1. The normalized spacial score (nSPS) is 18.5. The van der Waals surface area contributed by atoms with E-state index >= 15 is 0 Å². The Morgan fingerprint density at radius 1 is 1.40 bits per heavy atom. The first-order chi connectivity index (χ1) is 4.93. The van der Waals surface area contributed by atoms with Crippen LogP contribution in [-0.4, -0.2) is 0 Å². The Labute approximate surface area is 61.7 Å². The Morgan fingerprint density at radius 3 is 3.10 bits per heavy atom. The Bertz CT molecular complexity index is 193. The van der Waals surface area contributed by atoms with Gasteiger partial charge in [0.2, 0.25) is 0 Å². The van der Waals surface area contributed by atoms with Crippen LogP contribution in [0.3, 0.4) is 0 Å². The molecule has 0 fully saturated rings. The molecule has 1 aliphatic carbocycles. The number of hydrogen-bond donors (Lipinski definition) is 0. The van der Waals surface area contributed by atoms with E-state index in [1.807, 2.05) is 12.2 Å². The number of nitrogens with zero attached hydrogens (tertiary/aromatic N) is 1. The van der Waals surface area contributed by atoms with E-state index in [4.69, 9.17) is 5.26 Å². The molecule has 0 aromatic heterocycles. The molecule has 0 atom stereocenters. The van der Waals surface area contributed by atoms with Gasteiger partial charge in [-0.3, -0.25) is 0 Å². The van der Waals surface area contributed by atoms with Crippen molar-refractivity contribution in [1.82, 2.24) is 0 Å². The van der Waals surface area contributed by atoms with Gasteiger partial charge in [0, 0.05) is 5.57 Å². The topological polar surface area (TPSA) is 23.8 Å². The Hall–Kier alpha value is -1.03. The van der Waals surface area contributed by atoms with Gasteiger partial charge in [-0.2, -0.15) is 5.26 Å². The molecule has 0 bridgehead atoms. The maximum absolute atomic E-state index is 8.56. The molecule has 1 nitrogen and oxygen atoms in total. The summed E-state index contributed by atoms with van der Waals surface area (Å²) in [7, 11) is 0. The fourth-order valence-corrected chi connectivity index (χ4v) is 1.03. The van der Waals surface area contributed by atoms with Crippen LogP contribution in [-0.2, 0) is 0 Å². The molecular formula is C9H11N. The van der Waals surface area contributed by atoms with Crippen molar-refractivity contribution in [3.05, 3.63) is 23.8 Å². The fraction of sp³-hybridized carbons (Fsp3) is 0.444. The highest BCUT2D eigenvalue weighted by Gasteiger charge is 1.95. The van der Waals surface area contributed by atoms with Crippen molar-refractivity contribution in [3.63, 3.8) is 0 Å². The number of hydrogen-bond acceptors (Lipinski definition) is 1. The van der Waals surface area contributed by atoms with Crippen molar-refractivity contribution >= 4 is 0 Å². The van der Waals surface area contributed by atoms with Gasteiger partial charge in [0.05, 0.1) is 6.07 Å². The van der Waals surface area contributed by atoms with Crippen LogP contribution in [0.5, 0.6) is 0 Å². The number of allylic oxidation sites excluding steroid dienone is 4. The van der Waals surface area contributed by atoms with E-state index < -0.39 is 0 Å². The summed E-state index contributed by atoms with van der Waals surface area (Å²) in [6.07, 6.45) is 10.5. The molecule has 0 unspecified atom stereocenters. The van der Waals surface area contributed by atoms with E-state index in [0.717, 1.165) is 24.8 Å². The van der Waals surface area contributed by atoms with E-state index in [9.17, 15) is 0 Å². The van der Waals surface area contributed by atoms with Crippen LogP contribution in [0.4, 0.5) is 0 Å². The molecule has 0 N–H and O–H groups in total. The maximum Gasteiger partial charge on any atom is 0.0947 e. The van der Waals surface area contributed by atoms with Crippen LogP contribution >= 0.6 is 0 Å². The van der Waals surface area contributed by atoms with Crippen LogP contribution in [0.15, 0.2) is 23.8 Å². The highest BCUT2D eigenvalue weighted by molar-refractivity contribution is 5.25. The smallest absolute Gasteiger partial charge is 0.0947 e. The van der Waals surface area contributed by atoms with E-state index in [2.05, 4.69) is 12.1 Å². The zero-order chi connectivity index (χ0) is 7.23. The number of rotatable bonds is 0. The van der Waals surface area contributed by atoms with E-state index in [1.165, 1.54) is 6.42 Å². The van der Waals surface area contributed by atoms with Crippen molar-refractivity contribution in [2.75, 3.05) is 0 Å². The quantitative estimate of drug-likeness (QED) is 0.498. The lowest BCUT2D eigenvalue weighted by Crippen LogP contribution is -1.82. The van der Waals surface area contributed by atoms with Gasteiger partial charge in [-0.25, -0.2) is 0 Å². The molecule has 0 amide bonds. The average molecular weight is 133 g/mol. The van der Waals surface area contributed by atoms with Gasteiger partial charge in [0.1, 0.15) is 0 Å². The van der Waals surface area contributed by atoms with Crippen molar-refractivity contribution < 1.29 is 0 Å². The average Bonchev–Trinajstić information content (AvgIpc) is 1.87. The van der Waals surface area contributed by atoms with E-state index in [0.29, 0.717) is 0 Å². The predicted octanol–water partition coefficient (Wildman–Crippen LogP) is 2.57. The summed E-state index contributed by atoms with van der Waals surface area (Å²) in [4.78, 5) is 0. The first-order valence-electron chi connectivity index (χ1n) is 3.69. The molecule has 52 valence electrons. The second kappa shape index (κ2) is 3.90. The highest BCUT2D eigenvalue weighted by Crippen LogP contribution is 2.11. The maximum atomic E-state index is 8.56. The molecule has 10 heavy (non-hydrogen) atoms. The van der Waals surface area contributed by atoms with Gasteiger partial charge in [-0.1, -0.05) is 12.2 Å². The van der Waals surface area contributed by atoms with E-state index in [1.54, 1.807) is 0 Å². The SMILES string of the molecule is N#CC1=CC=CCCCC1. The van der Waals surface area contributed by atoms with Gasteiger partial charge in [0.25, 0.3) is 0 Å². The first kappa shape index (κ1) is 7.08. The molecule has 0 heterocycles. The van der Waals surface area contributed by atoms with Crippen molar-refractivity contribution in [2.45, 2.75) is 25.7 Å². The van der Waals surface area contributed by atoms with Crippen molar-refractivity contribution in [3.8, 4) is 6.07 Å². The fourth-order valence-electron chi connectivity index (χ4n) is 1.03. The van der Waals surface area contributed by atoms with E-state index in [-0.39, 0.29) is 0 Å². The molecule has 0 saturated carbocycles. The minimum Gasteiger partial charge on any atom is -0.193 e. The number of nitriles is 1. The molecule has 0 aromatic carbocycles. The summed E-state index contributed by atoms with van der Waals surface area (Å²) in [5.74, 6) is 0. The Kier molecular flexibility index (Phi) is 2.76. The monoisotopic (exact) mass is 133 g/mol. The highest BCUT2D eigenvalue weighted by atomic mass is 14.2. The van der Waals surface area contributed by atoms with Crippen LogP contribution in [0.1, 0.15) is 25.7 Å². The van der Waals surface area contributed by atoms with Crippen LogP contribution < -0.4 is 0 Å². The summed E-state index contributed by atoms with van der Waals surface area (Å²) >= 11 is 0. The Balaban J connectivity index is 2.60. The first-order valence-corrected chi connectivity index (χ1v) is 3.69.